The predicted molar refractivity (Wildman–Crippen MR) is 72.5 cm³/mol. The number of hydrogen-bond donors (Lipinski definition) is 2. The molecule has 0 spiro atoms. The fourth-order valence-corrected chi connectivity index (χ4v) is 2.48. The summed E-state index contributed by atoms with van der Waals surface area (Å²) in [6.45, 7) is 0.795. The molecule has 2 amide bonds. The van der Waals surface area contributed by atoms with Gasteiger partial charge in [0.15, 0.2) is 0 Å². The van der Waals surface area contributed by atoms with E-state index in [1.54, 1.807) is 17.0 Å². The number of carbonyl (C=O) groups is 3. The van der Waals surface area contributed by atoms with Crippen LogP contribution in [0.2, 0.25) is 0 Å². The Hall–Kier alpha value is -2.70. The van der Waals surface area contributed by atoms with Crippen LogP contribution in [-0.2, 0) is 22.7 Å². The highest BCUT2D eigenvalue weighted by atomic mass is 16.4. The molecule has 21 heavy (non-hydrogen) atoms. The molecule has 0 bridgehead atoms. The van der Waals surface area contributed by atoms with Gasteiger partial charge in [0.05, 0.1) is 5.56 Å². The van der Waals surface area contributed by atoms with Crippen molar-refractivity contribution in [1.29, 1.82) is 0 Å². The monoisotopic (exact) mass is 287 g/mol. The number of amides is 2. The van der Waals surface area contributed by atoms with Gasteiger partial charge in [-0.2, -0.15) is 5.10 Å². The number of hydrogen-bond acceptors (Lipinski definition) is 4. The van der Waals surface area contributed by atoms with Gasteiger partial charge >= 0.3 is 5.97 Å². The van der Waals surface area contributed by atoms with E-state index in [0.29, 0.717) is 25.2 Å². The molecule has 0 unspecified atom stereocenters. The lowest BCUT2D eigenvalue weighted by molar-refractivity contribution is -0.125. The van der Waals surface area contributed by atoms with Gasteiger partial charge in [0.1, 0.15) is 5.71 Å². The van der Waals surface area contributed by atoms with Crippen molar-refractivity contribution in [1.82, 2.24) is 10.3 Å². The van der Waals surface area contributed by atoms with E-state index in [-0.39, 0.29) is 23.8 Å². The molecule has 0 saturated heterocycles. The zero-order valence-corrected chi connectivity index (χ0v) is 11.1. The molecule has 2 aliphatic rings. The summed E-state index contributed by atoms with van der Waals surface area (Å²) < 4.78 is 0. The van der Waals surface area contributed by atoms with E-state index >= 15 is 0 Å². The molecule has 1 aromatic carbocycles. The molecule has 0 atom stereocenters. The van der Waals surface area contributed by atoms with E-state index in [1.165, 1.54) is 6.07 Å². The Bertz CT molecular complexity index is 681. The van der Waals surface area contributed by atoms with Crippen molar-refractivity contribution >= 4 is 23.5 Å². The van der Waals surface area contributed by atoms with E-state index < -0.39 is 5.97 Å². The molecule has 7 heteroatoms. The number of carboxylic acid groups (broad SMARTS) is 1. The third kappa shape index (κ3) is 2.49. The number of hydrazone groups is 1. The molecule has 0 aromatic heterocycles. The molecule has 2 heterocycles. The van der Waals surface area contributed by atoms with Gasteiger partial charge in [-0.15, -0.1) is 0 Å². The van der Waals surface area contributed by atoms with Crippen LogP contribution in [0.4, 0.5) is 0 Å². The predicted octanol–water partition coefficient (Wildman–Crippen LogP) is 0.493. The number of nitrogens with one attached hydrogen (secondary N) is 1. The molecule has 0 saturated carbocycles. The summed E-state index contributed by atoms with van der Waals surface area (Å²) in [6, 6.07) is 4.86. The standard InChI is InChI=1S/C14H13N3O4/c18-12-4-3-11(15-16-12)13(19)17-6-9-2-1-8(14(20)21)5-10(9)7-17/h1-2,5H,3-4,6-7H2,(H,16,18)(H,20,21). The molecular weight excluding hydrogens is 274 g/mol. The van der Waals surface area contributed by atoms with Crippen LogP contribution in [0, 0.1) is 0 Å². The van der Waals surface area contributed by atoms with Crippen LogP contribution < -0.4 is 5.43 Å². The topological polar surface area (TPSA) is 99.1 Å². The van der Waals surface area contributed by atoms with Gasteiger partial charge in [-0.1, -0.05) is 6.07 Å². The van der Waals surface area contributed by atoms with Crippen molar-refractivity contribution in [3.8, 4) is 0 Å². The van der Waals surface area contributed by atoms with E-state index in [4.69, 9.17) is 5.11 Å². The molecule has 0 radical (unpaired) electrons. The highest BCUT2D eigenvalue weighted by Gasteiger charge is 2.28. The van der Waals surface area contributed by atoms with Crippen molar-refractivity contribution in [3.05, 3.63) is 34.9 Å². The van der Waals surface area contributed by atoms with Gasteiger partial charge in [0.2, 0.25) is 5.91 Å². The summed E-state index contributed by atoms with van der Waals surface area (Å²) in [5.41, 5.74) is 4.63. The van der Waals surface area contributed by atoms with Crippen molar-refractivity contribution < 1.29 is 19.5 Å². The van der Waals surface area contributed by atoms with Crippen molar-refractivity contribution in [2.75, 3.05) is 0 Å². The van der Waals surface area contributed by atoms with Gasteiger partial charge in [0, 0.05) is 25.9 Å². The van der Waals surface area contributed by atoms with Crippen molar-refractivity contribution in [2.45, 2.75) is 25.9 Å². The fourth-order valence-electron chi connectivity index (χ4n) is 2.48. The van der Waals surface area contributed by atoms with Crippen LogP contribution in [-0.4, -0.2) is 33.5 Å². The second kappa shape index (κ2) is 5.01. The molecule has 0 aliphatic carbocycles. The molecule has 3 rings (SSSR count). The van der Waals surface area contributed by atoms with Gasteiger partial charge in [0.25, 0.3) is 5.91 Å². The maximum atomic E-state index is 12.3. The Balaban J connectivity index is 1.77. The van der Waals surface area contributed by atoms with Gasteiger partial charge in [-0.05, 0) is 23.3 Å². The Kier molecular flexibility index (Phi) is 3.17. The summed E-state index contributed by atoms with van der Waals surface area (Å²) >= 11 is 0. The molecule has 7 nitrogen and oxygen atoms in total. The van der Waals surface area contributed by atoms with E-state index in [1.807, 2.05) is 0 Å². The Morgan fingerprint density at radius 1 is 1.19 bits per heavy atom. The molecule has 1 aromatic rings. The van der Waals surface area contributed by atoms with Gasteiger partial charge in [-0.3, -0.25) is 9.59 Å². The highest BCUT2D eigenvalue weighted by molar-refractivity contribution is 6.39. The van der Waals surface area contributed by atoms with Crippen LogP contribution in [0.1, 0.15) is 34.3 Å². The first-order chi connectivity index (χ1) is 10.0. The molecule has 2 N–H and O–H groups in total. The smallest absolute Gasteiger partial charge is 0.335 e. The zero-order chi connectivity index (χ0) is 15.0. The summed E-state index contributed by atoms with van der Waals surface area (Å²) in [6.07, 6.45) is 0.590. The van der Waals surface area contributed by atoms with Crippen molar-refractivity contribution in [2.24, 2.45) is 5.10 Å². The van der Waals surface area contributed by atoms with Crippen LogP contribution in [0.15, 0.2) is 23.3 Å². The molecule has 108 valence electrons. The van der Waals surface area contributed by atoms with Crippen molar-refractivity contribution in [3.63, 3.8) is 0 Å². The second-order valence-electron chi connectivity index (χ2n) is 5.04. The minimum absolute atomic E-state index is 0.192. The average Bonchev–Trinajstić information content (AvgIpc) is 2.90. The fraction of sp³-hybridized carbons (Fsp3) is 0.286. The van der Waals surface area contributed by atoms with Crippen LogP contribution >= 0.6 is 0 Å². The normalized spacial score (nSPS) is 17.0. The molecule has 0 fully saturated rings. The maximum absolute atomic E-state index is 12.3. The van der Waals surface area contributed by atoms with Crippen LogP contribution in [0.25, 0.3) is 0 Å². The largest absolute Gasteiger partial charge is 0.478 e. The number of carboxylic acids is 1. The number of carbonyl (C=O) groups excluding carboxylic acids is 2. The summed E-state index contributed by atoms with van der Waals surface area (Å²) in [5.74, 6) is -1.40. The second-order valence-corrected chi connectivity index (χ2v) is 5.04. The molecule has 2 aliphatic heterocycles. The minimum atomic E-state index is -0.984. The van der Waals surface area contributed by atoms with E-state index in [9.17, 15) is 14.4 Å². The van der Waals surface area contributed by atoms with Crippen LogP contribution in [0.3, 0.4) is 0 Å². The lowest BCUT2D eigenvalue weighted by Crippen LogP contribution is -2.37. The lowest BCUT2D eigenvalue weighted by Gasteiger charge is -2.18. The average molecular weight is 287 g/mol. The number of nitrogens with zero attached hydrogens (tertiary/aromatic N) is 2. The summed E-state index contributed by atoms with van der Waals surface area (Å²) in [7, 11) is 0. The third-order valence-corrected chi connectivity index (χ3v) is 3.61. The van der Waals surface area contributed by atoms with E-state index in [0.717, 1.165) is 11.1 Å². The van der Waals surface area contributed by atoms with Gasteiger partial charge < -0.3 is 10.0 Å². The maximum Gasteiger partial charge on any atom is 0.335 e. The van der Waals surface area contributed by atoms with Gasteiger partial charge in [-0.25, -0.2) is 10.2 Å². The van der Waals surface area contributed by atoms with Crippen LogP contribution in [0.5, 0.6) is 0 Å². The highest BCUT2D eigenvalue weighted by Crippen LogP contribution is 2.24. The SMILES string of the molecule is O=C1CCC(C(=O)N2Cc3ccc(C(=O)O)cc3C2)=NN1. The number of fused-ring (bicyclic) bond motifs is 1. The number of aromatic carboxylic acids is 1. The first kappa shape index (κ1) is 13.3. The third-order valence-electron chi connectivity index (χ3n) is 3.61. The summed E-state index contributed by atoms with van der Waals surface area (Å²) in [5, 5.41) is 12.8. The van der Waals surface area contributed by atoms with E-state index in [2.05, 4.69) is 10.5 Å². The first-order valence-electron chi connectivity index (χ1n) is 6.54. The first-order valence-corrected chi connectivity index (χ1v) is 6.54. The Morgan fingerprint density at radius 2 is 1.95 bits per heavy atom. The quantitative estimate of drug-likeness (QED) is 0.827. The lowest BCUT2D eigenvalue weighted by atomic mass is 10.1. The molecular formula is C14H13N3O4. The Morgan fingerprint density at radius 3 is 2.62 bits per heavy atom. The number of benzene rings is 1. The minimum Gasteiger partial charge on any atom is -0.478 e. The zero-order valence-electron chi connectivity index (χ0n) is 11.1. The Labute approximate surface area is 120 Å². The number of rotatable bonds is 2. The summed E-state index contributed by atoms with van der Waals surface area (Å²) in [4.78, 5) is 35.9.